The molecule has 0 aromatic heterocycles. The molecule has 33 heavy (non-hydrogen) atoms. The zero-order valence-corrected chi connectivity index (χ0v) is 18.2. The third kappa shape index (κ3) is 5.17. The van der Waals surface area contributed by atoms with Gasteiger partial charge in [-0.2, -0.15) is 18.4 Å². The number of anilines is 1. The molecule has 0 saturated carbocycles. The molecule has 1 atom stereocenters. The first kappa shape index (κ1) is 23.9. The monoisotopic (exact) mass is 456 g/mol. The first-order valence-corrected chi connectivity index (χ1v) is 10.4. The van der Waals surface area contributed by atoms with Gasteiger partial charge in [0.1, 0.15) is 0 Å². The molecule has 172 valence electrons. The number of nitrogens with zero attached hydrogens (tertiary/aromatic N) is 2. The standard InChI is InChI=1S/C24H23F3N4O2/c1-3-4-12-29-22(32)20-15(2)31(19-7-5-6-18(13-19)24(25,26)27)23(33)30-21(20)17-10-8-16(14-28)9-11-17/h5-11,13,21H,3-4,12H2,1-2H3,(H,29,32)(H,30,33)/t21-/m1/s1. The molecule has 0 aliphatic carbocycles. The van der Waals surface area contributed by atoms with Crippen LogP contribution in [-0.4, -0.2) is 18.5 Å². The first-order chi connectivity index (χ1) is 15.7. The van der Waals surface area contributed by atoms with Gasteiger partial charge < -0.3 is 10.6 Å². The number of hydrogen-bond acceptors (Lipinski definition) is 3. The van der Waals surface area contributed by atoms with E-state index in [1.54, 1.807) is 24.3 Å². The number of alkyl halides is 3. The Morgan fingerprint density at radius 2 is 1.91 bits per heavy atom. The normalized spacial score (nSPS) is 16.3. The maximum Gasteiger partial charge on any atom is 0.416 e. The average Bonchev–Trinajstić information content (AvgIpc) is 2.78. The highest BCUT2D eigenvalue weighted by Crippen LogP contribution is 2.36. The number of halogens is 3. The van der Waals surface area contributed by atoms with Crippen molar-refractivity contribution in [2.75, 3.05) is 11.4 Å². The molecule has 6 nitrogen and oxygen atoms in total. The fourth-order valence-electron chi connectivity index (χ4n) is 3.64. The number of allylic oxidation sites excluding steroid dienone is 1. The molecule has 3 rings (SSSR count). The molecule has 0 unspecified atom stereocenters. The maximum atomic E-state index is 13.2. The van der Waals surface area contributed by atoms with E-state index in [-0.39, 0.29) is 17.0 Å². The van der Waals surface area contributed by atoms with Crippen molar-refractivity contribution in [2.45, 2.75) is 38.9 Å². The number of benzene rings is 2. The van der Waals surface area contributed by atoms with E-state index in [2.05, 4.69) is 10.6 Å². The van der Waals surface area contributed by atoms with E-state index in [0.717, 1.165) is 29.9 Å². The highest BCUT2D eigenvalue weighted by atomic mass is 19.4. The Morgan fingerprint density at radius 3 is 2.52 bits per heavy atom. The van der Waals surface area contributed by atoms with Gasteiger partial charge in [0.15, 0.2) is 0 Å². The van der Waals surface area contributed by atoms with Crippen molar-refractivity contribution in [3.8, 4) is 6.07 Å². The Morgan fingerprint density at radius 1 is 1.21 bits per heavy atom. The summed E-state index contributed by atoms with van der Waals surface area (Å²) in [7, 11) is 0. The summed E-state index contributed by atoms with van der Waals surface area (Å²) < 4.78 is 39.7. The topological polar surface area (TPSA) is 85.2 Å². The molecule has 0 bridgehead atoms. The van der Waals surface area contributed by atoms with E-state index in [9.17, 15) is 22.8 Å². The molecule has 0 radical (unpaired) electrons. The molecule has 2 aromatic rings. The molecule has 0 spiro atoms. The van der Waals surface area contributed by atoms with Gasteiger partial charge in [-0.05, 0) is 49.2 Å². The lowest BCUT2D eigenvalue weighted by Gasteiger charge is -2.36. The molecule has 0 saturated heterocycles. The number of unbranched alkanes of at least 4 members (excludes halogenated alkanes) is 1. The van der Waals surface area contributed by atoms with Crippen molar-refractivity contribution in [2.24, 2.45) is 0 Å². The third-order valence-corrected chi connectivity index (χ3v) is 5.35. The van der Waals surface area contributed by atoms with Crippen LogP contribution < -0.4 is 15.5 Å². The number of amides is 3. The van der Waals surface area contributed by atoms with Crippen LogP contribution in [0.3, 0.4) is 0 Å². The van der Waals surface area contributed by atoms with Crippen molar-refractivity contribution in [3.63, 3.8) is 0 Å². The number of nitrogens with one attached hydrogen (secondary N) is 2. The van der Waals surface area contributed by atoms with E-state index in [1.165, 1.54) is 19.1 Å². The zero-order chi connectivity index (χ0) is 24.2. The van der Waals surface area contributed by atoms with E-state index in [0.29, 0.717) is 17.7 Å². The second-order valence-electron chi connectivity index (χ2n) is 7.61. The van der Waals surface area contributed by atoms with Crippen LogP contribution in [0.5, 0.6) is 0 Å². The minimum absolute atomic E-state index is 0.00281. The fourth-order valence-corrected chi connectivity index (χ4v) is 3.64. The van der Waals surface area contributed by atoms with Crippen LogP contribution in [0.15, 0.2) is 59.8 Å². The molecule has 1 aliphatic rings. The molecule has 3 amide bonds. The Hall–Kier alpha value is -3.80. The van der Waals surface area contributed by atoms with Crippen LogP contribution in [0.25, 0.3) is 0 Å². The van der Waals surface area contributed by atoms with Gasteiger partial charge in [0.2, 0.25) is 0 Å². The number of carbonyl (C=O) groups is 2. The van der Waals surface area contributed by atoms with Crippen LogP contribution in [0.2, 0.25) is 0 Å². The minimum Gasteiger partial charge on any atom is -0.352 e. The molecule has 2 N–H and O–H groups in total. The molecule has 1 heterocycles. The van der Waals surface area contributed by atoms with Gasteiger partial charge in [0, 0.05) is 12.2 Å². The summed E-state index contributed by atoms with van der Waals surface area (Å²) in [5.41, 5.74) is 0.530. The summed E-state index contributed by atoms with van der Waals surface area (Å²) >= 11 is 0. The fraction of sp³-hybridized carbons (Fsp3) is 0.292. The van der Waals surface area contributed by atoms with Crippen molar-refractivity contribution in [1.29, 1.82) is 5.26 Å². The lowest BCUT2D eigenvalue weighted by Crippen LogP contribution is -2.49. The van der Waals surface area contributed by atoms with Gasteiger partial charge >= 0.3 is 12.2 Å². The number of carbonyl (C=O) groups excluding carboxylic acids is 2. The highest BCUT2D eigenvalue weighted by molar-refractivity contribution is 6.04. The van der Waals surface area contributed by atoms with Crippen LogP contribution >= 0.6 is 0 Å². The number of nitriles is 1. The molecule has 9 heteroatoms. The molecule has 0 fully saturated rings. The zero-order valence-electron chi connectivity index (χ0n) is 18.2. The largest absolute Gasteiger partial charge is 0.416 e. The number of urea groups is 1. The second-order valence-corrected chi connectivity index (χ2v) is 7.61. The Kier molecular flexibility index (Phi) is 7.07. The van der Waals surface area contributed by atoms with Crippen LogP contribution in [0.4, 0.5) is 23.7 Å². The number of rotatable bonds is 6. The third-order valence-electron chi connectivity index (χ3n) is 5.35. The summed E-state index contributed by atoms with van der Waals surface area (Å²) in [6.45, 7) is 3.93. The maximum absolute atomic E-state index is 13.2. The van der Waals surface area contributed by atoms with Gasteiger partial charge in [-0.1, -0.05) is 31.5 Å². The summed E-state index contributed by atoms with van der Waals surface area (Å²) in [6.07, 6.45) is -2.96. The van der Waals surface area contributed by atoms with Gasteiger partial charge in [0.25, 0.3) is 5.91 Å². The summed E-state index contributed by atoms with van der Waals surface area (Å²) in [5, 5.41) is 14.6. The van der Waals surface area contributed by atoms with Crippen LogP contribution in [0, 0.1) is 11.3 Å². The minimum atomic E-state index is -4.58. The number of hydrogen-bond donors (Lipinski definition) is 2. The first-order valence-electron chi connectivity index (χ1n) is 10.4. The summed E-state index contributed by atoms with van der Waals surface area (Å²) in [6, 6.07) is 11.3. The van der Waals surface area contributed by atoms with Crippen molar-refractivity contribution >= 4 is 17.6 Å². The Balaban J connectivity index is 2.09. The molecular formula is C24H23F3N4O2. The van der Waals surface area contributed by atoms with E-state index in [1.807, 2.05) is 13.0 Å². The smallest absolute Gasteiger partial charge is 0.352 e. The quantitative estimate of drug-likeness (QED) is 0.598. The van der Waals surface area contributed by atoms with Crippen molar-refractivity contribution in [1.82, 2.24) is 10.6 Å². The molecular weight excluding hydrogens is 433 g/mol. The van der Waals surface area contributed by atoms with Crippen LogP contribution in [0.1, 0.15) is 49.4 Å². The molecule has 2 aromatic carbocycles. The van der Waals surface area contributed by atoms with Gasteiger partial charge in [-0.15, -0.1) is 0 Å². The van der Waals surface area contributed by atoms with Gasteiger partial charge in [-0.3, -0.25) is 9.69 Å². The lowest BCUT2D eigenvalue weighted by atomic mass is 9.93. The summed E-state index contributed by atoms with van der Waals surface area (Å²) in [4.78, 5) is 27.2. The van der Waals surface area contributed by atoms with E-state index < -0.39 is 29.7 Å². The second kappa shape index (κ2) is 9.77. The molecule has 1 aliphatic heterocycles. The lowest BCUT2D eigenvalue weighted by molar-refractivity contribution is -0.137. The van der Waals surface area contributed by atoms with E-state index in [4.69, 9.17) is 5.26 Å². The SMILES string of the molecule is CCCCNC(=O)C1=C(C)N(c2cccc(C(F)(F)F)c2)C(=O)N[C@@H]1c1ccc(C#N)cc1. The highest BCUT2D eigenvalue weighted by Gasteiger charge is 2.37. The van der Waals surface area contributed by atoms with Crippen molar-refractivity contribution in [3.05, 3.63) is 76.5 Å². The predicted molar refractivity (Wildman–Crippen MR) is 117 cm³/mol. The van der Waals surface area contributed by atoms with Gasteiger partial charge in [0.05, 0.1) is 34.5 Å². The van der Waals surface area contributed by atoms with E-state index >= 15 is 0 Å². The van der Waals surface area contributed by atoms with Crippen LogP contribution in [-0.2, 0) is 11.0 Å². The van der Waals surface area contributed by atoms with Gasteiger partial charge in [-0.25, -0.2) is 4.79 Å². The Labute approximate surface area is 189 Å². The summed E-state index contributed by atoms with van der Waals surface area (Å²) in [5.74, 6) is -0.424. The van der Waals surface area contributed by atoms with Crippen molar-refractivity contribution < 1.29 is 22.8 Å². The Bertz CT molecular complexity index is 1120. The average molecular weight is 456 g/mol. The predicted octanol–water partition coefficient (Wildman–Crippen LogP) is 5.04.